The van der Waals surface area contributed by atoms with Crippen LogP contribution in [-0.2, 0) is 11.3 Å². The maximum atomic E-state index is 11.2. The highest BCUT2D eigenvalue weighted by molar-refractivity contribution is 5.62. The molecule has 4 rings (SSSR count). The fraction of sp³-hybridized carbons (Fsp3) is 0.667. The third kappa shape index (κ3) is 2.31. The molecule has 2 aliphatic carbocycles. The molecule has 1 aromatic carbocycles. The fourth-order valence-corrected chi connectivity index (χ4v) is 5.29. The van der Waals surface area contributed by atoms with E-state index in [1.165, 1.54) is 25.7 Å². The van der Waals surface area contributed by atoms with Crippen LogP contribution in [0.25, 0.3) is 0 Å². The molecule has 2 N–H and O–H groups in total. The molecule has 3 aliphatic rings. The summed E-state index contributed by atoms with van der Waals surface area (Å²) in [6.45, 7) is 1.57. The summed E-state index contributed by atoms with van der Waals surface area (Å²) < 4.78 is 6.02. The van der Waals surface area contributed by atoms with Crippen molar-refractivity contribution >= 4 is 11.4 Å². The minimum absolute atomic E-state index is 0.142. The topological polar surface area (TPSA) is 76.4 Å². The average molecular weight is 331 g/mol. The van der Waals surface area contributed by atoms with Gasteiger partial charge in [-0.1, -0.05) is 18.9 Å². The first-order valence-electron chi connectivity index (χ1n) is 8.96. The third-order valence-electron chi connectivity index (χ3n) is 6.34. The SMILES string of the molecule is CNc1ccc(CN[C@@H]2[C@H]3CCO[C@@H]3C23CCCC3)cc1[N+](=O)[O-]. The number of hydrogen-bond acceptors (Lipinski definition) is 5. The first-order valence-corrected chi connectivity index (χ1v) is 8.96. The molecule has 6 heteroatoms. The van der Waals surface area contributed by atoms with Gasteiger partial charge in [0.25, 0.3) is 5.69 Å². The summed E-state index contributed by atoms with van der Waals surface area (Å²) >= 11 is 0. The zero-order chi connectivity index (χ0) is 16.7. The lowest BCUT2D eigenvalue weighted by Gasteiger charge is -2.57. The van der Waals surface area contributed by atoms with Gasteiger partial charge in [0.2, 0.25) is 0 Å². The number of ether oxygens (including phenoxy) is 1. The Bertz CT molecular complexity index is 642. The highest BCUT2D eigenvalue weighted by Gasteiger charge is 2.64. The minimum Gasteiger partial charge on any atom is -0.383 e. The van der Waals surface area contributed by atoms with E-state index in [4.69, 9.17) is 4.74 Å². The molecule has 24 heavy (non-hydrogen) atoms. The van der Waals surface area contributed by atoms with Crippen LogP contribution < -0.4 is 10.6 Å². The Morgan fingerprint density at radius 3 is 2.88 bits per heavy atom. The van der Waals surface area contributed by atoms with Crippen molar-refractivity contribution in [3.05, 3.63) is 33.9 Å². The van der Waals surface area contributed by atoms with E-state index in [2.05, 4.69) is 10.6 Å². The zero-order valence-corrected chi connectivity index (χ0v) is 14.1. The van der Waals surface area contributed by atoms with Crippen LogP contribution >= 0.6 is 0 Å². The van der Waals surface area contributed by atoms with Crippen LogP contribution in [0, 0.1) is 21.4 Å². The van der Waals surface area contributed by atoms with E-state index in [9.17, 15) is 10.1 Å². The van der Waals surface area contributed by atoms with Crippen LogP contribution in [0.1, 0.15) is 37.7 Å². The largest absolute Gasteiger partial charge is 0.383 e. The van der Waals surface area contributed by atoms with Crippen molar-refractivity contribution in [1.29, 1.82) is 0 Å². The standard InChI is InChI=1S/C18H25N3O3/c1-19-14-5-4-12(10-15(14)21(22)23)11-20-16-13-6-9-24-17(13)18(16)7-2-3-8-18/h4-5,10,13,16-17,19-20H,2-3,6-9,11H2,1H3/t13-,16-,17+/m1/s1. The molecular weight excluding hydrogens is 306 g/mol. The Balaban J connectivity index is 1.48. The summed E-state index contributed by atoms with van der Waals surface area (Å²) in [5.74, 6) is 0.620. The smallest absolute Gasteiger partial charge is 0.292 e. The predicted octanol–water partition coefficient (Wildman–Crippen LogP) is 3.07. The van der Waals surface area contributed by atoms with E-state index >= 15 is 0 Å². The molecule has 130 valence electrons. The Labute approximate surface area is 142 Å². The van der Waals surface area contributed by atoms with Crippen LogP contribution in [0.4, 0.5) is 11.4 Å². The summed E-state index contributed by atoms with van der Waals surface area (Å²) in [5, 5.41) is 17.8. The molecule has 1 aromatic rings. The molecule has 3 atom stereocenters. The van der Waals surface area contributed by atoms with Crippen LogP contribution in [0.2, 0.25) is 0 Å². The molecular formula is C18H25N3O3. The third-order valence-corrected chi connectivity index (χ3v) is 6.34. The Morgan fingerprint density at radius 2 is 2.17 bits per heavy atom. The van der Waals surface area contributed by atoms with Crippen molar-refractivity contribution in [2.75, 3.05) is 19.0 Å². The molecule has 0 radical (unpaired) electrons. The molecule has 0 aromatic heterocycles. The number of anilines is 1. The van der Waals surface area contributed by atoms with Gasteiger partial charge >= 0.3 is 0 Å². The zero-order valence-electron chi connectivity index (χ0n) is 14.1. The lowest BCUT2D eigenvalue weighted by molar-refractivity contribution is -0.384. The second-order valence-electron chi connectivity index (χ2n) is 7.40. The lowest BCUT2D eigenvalue weighted by atomic mass is 9.54. The number of nitrogens with zero attached hydrogens (tertiary/aromatic N) is 1. The van der Waals surface area contributed by atoms with Gasteiger partial charge in [-0.25, -0.2) is 0 Å². The van der Waals surface area contributed by atoms with E-state index in [1.54, 1.807) is 19.2 Å². The van der Waals surface area contributed by atoms with E-state index in [-0.39, 0.29) is 10.6 Å². The van der Waals surface area contributed by atoms with Gasteiger partial charge in [-0.05, 0) is 30.9 Å². The van der Waals surface area contributed by atoms with Crippen molar-refractivity contribution < 1.29 is 9.66 Å². The molecule has 1 aliphatic heterocycles. The summed E-state index contributed by atoms with van der Waals surface area (Å²) in [4.78, 5) is 10.9. The number of fused-ring (bicyclic) bond motifs is 2. The summed E-state index contributed by atoms with van der Waals surface area (Å²) in [6, 6.07) is 5.94. The van der Waals surface area contributed by atoms with Crippen LogP contribution in [0.3, 0.4) is 0 Å². The number of nitrogens with one attached hydrogen (secondary N) is 2. The molecule has 0 unspecified atom stereocenters. The minimum atomic E-state index is -0.321. The molecule has 1 saturated heterocycles. The predicted molar refractivity (Wildman–Crippen MR) is 92.0 cm³/mol. The molecule has 2 saturated carbocycles. The molecule has 1 spiro atoms. The quantitative estimate of drug-likeness (QED) is 0.640. The number of nitro groups is 1. The van der Waals surface area contributed by atoms with E-state index < -0.39 is 0 Å². The van der Waals surface area contributed by atoms with Crippen LogP contribution in [0.5, 0.6) is 0 Å². The van der Waals surface area contributed by atoms with Crippen molar-refractivity contribution in [3.8, 4) is 0 Å². The van der Waals surface area contributed by atoms with Gasteiger partial charge in [0.1, 0.15) is 5.69 Å². The molecule has 0 bridgehead atoms. The second-order valence-corrected chi connectivity index (χ2v) is 7.40. The Morgan fingerprint density at radius 1 is 1.38 bits per heavy atom. The molecule has 0 amide bonds. The molecule has 1 heterocycles. The highest BCUT2D eigenvalue weighted by Crippen LogP contribution is 2.60. The van der Waals surface area contributed by atoms with E-state index in [0.717, 1.165) is 18.6 Å². The van der Waals surface area contributed by atoms with Gasteiger partial charge in [-0.3, -0.25) is 10.1 Å². The van der Waals surface area contributed by atoms with Gasteiger partial charge < -0.3 is 15.4 Å². The van der Waals surface area contributed by atoms with Crippen molar-refractivity contribution in [3.63, 3.8) is 0 Å². The van der Waals surface area contributed by atoms with Gasteiger partial charge in [0.15, 0.2) is 0 Å². The van der Waals surface area contributed by atoms with E-state index in [0.29, 0.717) is 35.7 Å². The fourth-order valence-electron chi connectivity index (χ4n) is 5.29. The van der Waals surface area contributed by atoms with Crippen molar-refractivity contribution in [1.82, 2.24) is 5.32 Å². The number of benzene rings is 1. The molecule has 3 fully saturated rings. The maximum absolute atomic E-state index is 11.2. The average Bonchev–Trinajstić information content (AvgIpc) is 3.23. The summed E-state index contributed by atoms with van der Waals surface area (Å²) in [6.07, 6.45) is 6.69. The number of hydrogen-bond donors (Lipinski definition) is 2. The first kappa shape index (κ1) is 15.8. The first-order chi connectivity index (χ1) is 11.7. The highest BCUT2D eigenvalue weighted by atomic mass is 16.6. The van der Waals surface area contributed by atoms with Crippen LogP contribution in [0.15, 0.2) is 18.2 Å². The Hall–Kier alpha value is -1.66. The number of rotatable bonds is 5. The number of nitro benzene ring substituents is 1. The van der Waals surface area contributed by atoms with E-state index in [1.807, 2.05) is 6.07 Å². The summed E-state index contributed by atoms with van der Waals surface area (Å²) in [5.41, 5.74) is 1.99. The monoisotopic (exact) mass is 331 g/mol. The van der Waals surface area contributed by atoms with Gasteiger partial charge in [0, 0.05) is 43.6 Å². The maximum Gasteiger partial charge on any atom is 0.292 e. The van der Waals surface area contributed by atoms with Gasteiger partial charge in [-0.15, -0.1) is 0 Å². The lowest BCUT2D eigenvalue weighted by Crippen LogP contribution is -2.67. The Kier molecular flexibility index (Phi) is 3.96. The van der Waals surface area contributed by atoms with Gasteiger partial charge in [0.05, 0.1) is 11.0 Å². The summed E-state index contributed by atoms with van der Waals surface area (Å²) in [7, 11) is 1.71. The van der Waals surface area contributed by atoms with Crippen molar-refractivity contribution in [2.24, 2.45) is 11.3 Å². The molecule has 6 nitrogen and oxygen atoms in total. The normalized spacial score (nSPS) is 30.1. The second kappa shape index (κ2) is 6.01. The van der Waals surface area contributed by atoms with Crippen LogP contribution in [-0.4, -0.2) is 30.7 Å². The van der Waals surface area contributed by atoms with Crippen molar-refractivity contribution in [2.45, 2.75) is 50.8 Å². The van der Waals surface area contributed by atoms with Gasteiger partial charge in [-0.2, -0.15) is 0 Å².